The van der Waals surface area contributed by atoms with Crippen LogP contribution in [0, 0.1) is 11.2 Å². The molecule has 1 aliphatic carbocycles. The molecule has 0 spiro atoms. The summed E-state index contributed by atoms with van der Waals surface area (Å²) >= 11 is 0. The Morgan fingerprint density at radius 1 is 1.56 bits per heavy atom. The van der Waals surface area contributed by atoms with Crippen LogP contribution < -0.4 is 11.1 Å². The SMILES string of the molecule is CC1(C)C(N)CC1NC(=O)c1ccc(F)cc1O. The van der Waals surface area contributed by atoms with Crippen LogP contribution >= 0.6 is 0 Å². The molecule has 2 rings (SSSR count). The fourth-order valence-corrected chi connectivity index (χ4v) is 2.14. The van der Waals surface area contributed by atoms with Crippen molar-refractivity contribution in [2.75, 3.05) is 0 Å². The van der Waals surface area contributed by atoms with Gasteiger partial charge in [-0.15, -0.1) is 0 Å². The standard InChI is InChI=1S/C13H17FN2O2/c1-13(2)10(15)6-11(13)16-12(18)8-4-3-7(14)5-9(8)17/h3-5,10-11,17H,6,15H2,1-2H3,(H,16,18). The molecule has 4 N–H and O–H groups in total. The number of phenols is 1. The lowest BCUT2D eigenvalue weighted by molar-refractivity contribution is 0.0585. The van der Waals surface area contributed by atoms with Crippen LogP contribution in [0.4, 0.5) is 4.39 Å². The van der Waals surface area contributed by atoms with Crippen molar-refractivity contribution in [2.24, 2.45) is 11.1 Å². The molecule has 1 aliphatic rings. The van der Waals surface area contributed by atoms with Gasteiger partial charge in [0, 0.05) is 23.6 Å². The summed E-state index contributed by atoms with van der Waals surface area (Å²) in [4.78, 5) is 11.9. The summed E-state index contributed by atoms with van der Waals surface area (Å²) in [5.74, 6) is -1.33. The van der Waals surface area contributed by atoms with Crippen molar-refractivity contribution < 1.29 is 14.3 Å². The van der Waals surface area contributed by atoms with E-state index in [4.69, 9.17) is 5.73 Å². The zero-order valence-electron chi connectivity index (χ0n) is 10.4. The first kappa shape index (κ1) is 12.8. The molecule has 98 valence electrons. The highest BCUT2D eigenvalue weighted by atomic mass is 19.1. The predicted molar refractivity (Wildman–Crippen MR) is 65.7 cm³/mol. The average Bonchev–Trinajstić information content (AvgIpc) is 2.28. The van der Waals surface area contributed by atoms with E-state index >= 15 is 0 Å². The van der Waals surface area contributed by atoms with Crippen LogP contribution in [0.3, 0.4) is 0 Å². The predicted octanol–water partition coefficient (Wildman–Crippen LogP) is 1.39. The van der Waals surface area contributed by atoms with Crippen molar-refractivity contribution in [3.63, 3.8) is 0 Å². The van der Waals surface area contributed by atoms with Gasteiger partial charge in [-0.1, -0.05) is 13.8 Å². The third-order valence-corrected chi connectivity index (χ3v) is 3.85. The summed E-state index contributed by atoms with van der Waals surface area (Å²) in [6, 6.07) is 3.37. The lowest BCUT2D eigenvalue weighted by Crippen LogP contribution is -2.64. The number of hydrogen-bond donors (Lipinski definition) is 3. The first-order chi connectivity index (χ1) is 8.32. The summed E-state index contributed by atoms with van der Waals surface area (Å²) in [7, 11) is 0. The molecule has 0 aliphatic heterocycles. The minimum absolute atomic E-state index is 0.0237. The van der Waals surface area contributed by atoms with Gasteiger partial charge in [-0.3, -0.25) is 4.79 Å². The highest BCUT2D eigenvalue weighted by Gasteiger charge is 2.46. The van der Waals surface area contributed by atoms with Gasteiger partial charge in [-0.2, -0.15) is 0 Å². The third-order valence-electron chi connectivity index (χ3n) is 3.85. The van der Waals surface area contributed by atoms with E-state index in [1.165, 1.54) is 6.07 Å². The van der Waals surface area contributed by atoms with Crippen LogP contribution in [0.1, 0.15) is 30.6 Å². The highest BCUT2D eigenvalue weighted by Crippen LogP contribution is 2.39. The molecule has 4 nitrogen and oxygen atoms in total. The Hall–Kier alpha value is -1.62. The Morgan fingerprint density at radius 2 is 2.22 bits per heavy atom. The molecule has 0 heterocycles. The normalized spacial score (nSPS) is 25.3. The maximum atomic E-state index is 12.8. The summed E-state index contributed by atoms with van der Waals surface area (Å²) in [5.41, 5.74) is 5.78. The lowest BCUT2D eigenvalue weighted by atomic mass is 9.63. The number of hydrogen-bond acceptors (Lipinski definition) is 3. The third kappa shape index (κ3) is 2.06. The summed E-state index contributed by atoms with van der Waals surface area (Å²) in [5, 5.41) is 12.3. The van der Waals surface area contributed by atoms with Crippen molar-refractivity contribution in [1.29, 1.82) is 0 Å². The van der Waals surface area contributed by atoms with Gasteiger partial charge in [0.1, 0.15) is 11.6 Å². The largest absolute Gasteiger partial charge is 0.507 e. The second-order valence-corrected chi connectivity index (χ2v) is 5.35. The smallest absolute Gasteiger partial charge is 0.255 e. The molecule has 1 amide bonds. The molecule has 1 aromatic carbocycles. The van der Waals surface area contributed by atoms with E-state index in [9.17, 15) is 14.3 Å². The van der Waals surface area contributed by atoms with E-state index in [0.717, 1.165) is 12.1 Å². The number of carbonyl (C=O) groups excluding carboxylic acids is 1. The topological polar surface area (TPSA) is 75.3 Å². The minimum atomic E-state index is -0.574. The van der Waals surface area contributed by atoms with E-state index in [2.05, 4.69) is 5.32 Å². The Bertz CT molecular complexity index is 488. The Balaban J connectivity index is 2.09. The average molecular weight is 252 g/mol. The summed E-state index contributed by atoms with van der Waals surface area (Å²) < 4.78 is 12.8. The molecule has 18 heavy (non-hydrogen) atoms. The number of halogens is 1. The van der Waals surface area contributed by atoms with Crippen molar-refractivity contribution in [2.45, 2.75) is 32.4 Å². The number of amides is 1. The van der Waals surface area contributed by atoms with Crippen molar-refractivity contribution in [1.82, 2.24) is 5.32 Å². The van der Waals surface area contributed by atoms with Gasteiger partial charge in [-0.25, -0.2) is 4.39 Å². The fraction of sp³-hybridized carbons (Fsp3) is 0.462. The van der Waals surface area contributed by atoms with Crippen molar-refractivity contribution in [3.8, 4) is 5.75 Å². The van der Waals surface area contributed by atoms with Gasteiger partial charge in [0.15, 0.2) is 0 Å². The number of aromatic hydroxyl groups is 1. The van der Waals surface area contributed by atoms with Crippen molar-refractivity contribution >= 4 is 5.91 Å². The van der Waals surface area contributed by atoms with E-state index in [0.29, 0.717) is 6.42 Å². The number of benzene rings is 1. The number of nitrogens with one attached hydrogen (secondary N) is 1. The maximum Gasteiger partial charge on any atom is 0.255 e. The molecular formula is C13H17FN2O2. The van der Waals surface area contributed by atoms with E-state index in [1.54, 1.807) is 0 Å². The van der Waals surface area contributed by atoms with E-state index < -0.39 is 11.7 Å². The molecule has 2 atom stereocenters. The zero-order chi connectivity index (χ0) is 13.5. The van der Waals surface area contributed by atoms with Gasteiger partial charge in [0.25, 0.3) is 5.91 Å². The molecule has 0 aromatic heterocycles. The van der Waals surface area contributed by atoms with Crippen LogP contribution in [0.15, 0.2) is 18.2 Å². The van der Waals surface area contributed by atoms with Crippen LogP contribution in [-0.2, 0) is 0 Å². The monoisotopic (exact) mass is 252 g/mol. The molecule has 1 saturated carbocycles. The quantitative estimate of drug-likeness (QED) is 0.744. The molecule has 1 fully saturated rings. The van der Waals surface area contributed by atoms with Crippen LogP contribution in [0.2, 0.25) is 0 Å². The number of carbonyl (C=O) groups is 1. The Morgan fingerprint density at radius 3 is 2.72 bits per heavy atom. The molecule has 0 saturated heterocycles. The van der Waals surface area contributed by atoms with Crippen LogP contribution in [0.25, 0.3) is 0 Å². The maximum absolute atomic E-state index is 12.8. The second-order valence-electron chi connectivity index (χ2n) is 5.35. The van der Waals surface area contributed by atoms with Crippen molar-refractivity contribution in [3.05, 3.63) is 29.6 Å². The molecular weight excluding hydrogens is 235 g/mol. The molecule has 0 radical (unpaired) electrons. The van der Waals surface area contributed by atoms with E-state index in [1.807, 2.05) is 13.8 Å². The minimum Gasteiger partial charge on any atom is -0.507 e. The molecule has 0 bridgehead atoms. The number of nitrogens with two attached hydrogens (primary N) is 1. The first-order valence-corrected chi connectivity index (χ1v) is 5.87. The molecule has 5 heteroatoms. The first-order valence-electron chi connectivity index (χ1n) is 5.87. The highest BCUT2D eigenvalue weighted by molar-refractivity contribution is 5.97. The summed E-state index contributed by atoms with van der Waals surface area (Å²) in [6.07, 6.45) is 0.709. The van der Waals surface area contributed by atoms with Crippen LogP contribution in [0.5, 0.6) is 5.75 Å². The molecule has 2 unspecified atom stereocenters. The lowest BCUT2D eigenvalue weighted by Gasteiger charge is -2.50. The van der Waals surface area contributed by atoms with Gasteiger partial charge >= 0.3 is 0 Å². The number of phenolic OH excluding ortho intramolecular Hbond substituents is 1. The van der Waals surface area contributed by atoms with Gasteiger partial charge in [0.2, 0.25) is 0 Å². The van der Waals surface area contributed by atoms with Gasteiger partial charge < -0.3 is 16.2 Å². The van der Waals surface area contributed by atoms with E-state index in [-0.39, 0.29) is 28.8 Å². The summed E-state index contributed by atoms with van der Waals surface area (Å²) in [6.45, 7) is 3.97. The second kappa shape index (κ2) is 4.24. The van der Waals surface area contributed by atoms with Gasteiger partial charge in [0.05, 0.1) is 5.56 Å². The Kier molecular flexibility index (Phi) is 3.02. The zero-order valence-corrected chi connectivity index (χ0v) is 10.4. The Labute approximate surface area is 105 Å². The fourth-order valence-electron chi connectivity index (χ4n) is 2.14. The van der Waals surface area contributed by atoms with Crippen LogP contribution in [-0.4, -0.2) is 23.1 Å². The number of rotatable bonds is 2. The van der Waals surface area contributed by atoms with Gasteiger partial charge in [-0.05, 0) is 18.6 Å². The molecule has 1 aromatic rings.